The van der Waals surface area contributed by atoms with Gasteiger partial charge in [0, 0.05) is 0 Å². The Bertz CT molecular complexity index is 189. The van der Waals surface area contributed by atoms with E-state index in [2.05, 4.69) is 36.0 Å². The Hall–Kier alpha value is -0.600. The summed E-state index contributed by atoms with van der Waals surface area (Å²) in [5.41, 5.74) is 7.63. The molecule has 1 unspecified atom stereocenters. The molecule has 0 spiro atoms. The van der Waals surface area contributed by atoms with E-state index in [-0.39, 0.29) is 0 Å². The van der Waals surface area contributed by atoms with Crippen LogP contribution in [0.3, 0.4) is 0 Å². The van der Waals surface area contributed by atoms with E-state index >= 15 is 0 Å². The minimum atomic E-state index is 0.479. The van der Waals surface area contributed by atoms with E-state index in [1.807, 2.05) is 0 Å². The molecular formula is C8H12N2. The number of hydrogen-bond donors (Lipinski definition) is 2. The van der Waals surface area contributed by atoms with Crippen LogP contribution in [0.15, 0.2) is 23.8 Å². The molecule has 1 fully saturated rings. The van der Waals surface area contributed by atoms with E-state index in [0.29, 0.717) is 12.1 Å². The molecule has 0 bridgehead atoms. The summed E-state index contributed by atoms with van der Waals surface area (Å²) in [4.78, 5) is 0. The number of rotatable bonds is 1. The smallest absolute Gasteiger partial charge is 0.105 e. The summed E-state index contributed by atoms with van der Waals surface area (Å²) in [5, 5.41) is 0. The SMILES string of the molecule is CC1C=CC=C(C2NN2)C1. The van der Waals surface area contributed by atoms with E-state index in [0.717, 1.165) is 0 Å². The molecule has 0 aromatic carbocycles. The first kappa shape index (κ1) is 6.13. The van der Waals surface area contributed by atoms with Crippen LogP contribution in [-0.2, 0) is 0 Å². The van der Waals surface area contributed by atoms with E-state index < -0.39 is 0 Å². The lowest BCUT2D eigenvalue weighted by Crippen LogP contribution is -2.05. The molecule has 0 aromatic rings. The minimum absolute atomic E-state index is 0.479. The van der Waals surface area contributed by atoms with Crippen molar-refractivity contribution in [2.75, 3.05) is 0 Å². The van der Waals surface area contributed by atoms with Crippen molar-refractivity contribution in [2.45, 2.75) is 19.5 Å². The first-order valence-corrected chi connectivity index (χ1v) is 3.74. The van der Waals surface area contributed by atoms with Crippen molar-refractivity contribution in [3.05, 3.63) is 23.8 Å². The number of allylic oxidation sites excluding steroid dienone is 3. The van der Waals surface area contributed by atoms with Crippen LogP contribution in [0.4, 0.5) is 0 Å². The summed E-state index contributed by atoms with van der Waals surface area (Å²) < 4.78 is 0. The maximum absolute atomic E-state index is 3.07. The van der Waals surface area contributed by atoms with E-state index in [4.69, 9.17) is 0 Å². The first-order chi connectivity index (χ1) is 4.86. The van der Waals surface area contributed by atoms with Crippen LogP contribution < -0.4 is 10.9 Å². The van der Waals surface area contributed by atoms with E-state index in [1.165, 1.54) is 12.0 Å². The Morgan fingerprint density at radius 2 is 2.30 bits per heavy atom. The predicted octanol–water partition coefficient (Wildman–Crippen LogP) is 0.943. The van der Waals surface area contributed by atoms with Crippen molar-refractivity contribution in [1.82, 2.24) is 10.9 Å². The zero-order chi connectivity index (χ0) is 6.97. The largest absolute Gasteiger partial charge is 0.234 e. The molecule has 0 amide bonds. The van der Waals surface area contributed by atoms with Crippen LogP contribution in [0.25, 0.3) is 0 Å². The van der Waals surface area contributed by atoms with Crippen LogP contribution in [0.1, 0.15) is 13.3 Å². The molecule has 0 saturated carbocycles. The molecule has 54 valence electrons. The predicted molar refractivity (Wildman–Crippen MR) is 41.1 cm³/mol. The van der Waals surface area contributed by atoms with Crippen molar-refractivity contribution in [1.29, 1.82) is 0 Å². The van der Waals surface area contributed by atoms with Gasteiger partial charge in [0.25, 0.3) is 0 Å². The van der Waals surface area contributed by atoms with Gasteiger partial charge in [0.05, 0.1) is 0 Å². The van der Waals surface area contributed by atoms with Crippen molar-refractivity contribution in [3.8, 4) is 0 Å². The first-order valence-electron chi connectivity index (χ1n) is 3.74. The molecule has 1 aliphatic heterocycles. The molecule has 0 radical (unpaired) electrons. The lowest BCUT2D eigenvalue weighted by Gasteiger charge is -2.11. The van der Waals surface area contributed by atoms with Crippen LogP contribution in [0.5, 0.6) is 0 Å². The van der Waals surface area contributed by atoms with Crippen molar-refractivity contribution < 1.29 is 0 Å². The lowest BCUT2D eigenvalue weighted by molar-refractivity contribution is 0.688. The van der Waals surface area contributed by atoms with Gasteiger partial charge in [-0.3, -0.25) is 0 Å². The van der Waals surface area contributed by atoms with E-state index in [1.54, 1.807) is 0 Å². The molecule has 2 aliphatic rings. The van der Waals surface area contributed by atoms with Crippen LogP contribution in [-0.4, -0.2) is 6.17 Å². The van der Waals surface area contributed by atoms with Gasteiger partial charge in [0.15, 0.2) is 0 Å². The monoisotopic (exact) mass is 136 g/mol. The molecule has 2 rings (SSSR count). The molecule has 2 heteroatoms. The van der Waals surface area contributed by atoms with E-state index in [9.17, 15) is 0 Å². The second kappa shape index (κ2) is 2.22. The summed E-state index contributed by atoms with van der Waals surface area (Å²) in [7, 11) is 0. The van der Waals surface area contributed by atoms with Gasteiger partial charge in [-0.15, -0.1) is 0 Å². The molecule has 2 nitrogen and oxygen atoms in total. The third-order valence-electron chi connectivity index (χ3n) is 1.97. The van der Waals surface area contributed by atoms with Gasteiger partial charge < -0.3 is 0 Å². The zero-order valence-electron chi connectivity index (χ0n) is 6.09. The Morgan fingerprint density at radius 3 is 2.90 bits per heavy atom. The third kappa shape index (κ3) is 1.13. The van der Waals surface area contributed by atoms with Crippen LogP contribution >= 0.6 is 0 Å². The summed E-state index contributed by atoms with van der Waals surface area (Å²) in [6.45, 7) is 2.24. The maximum atomic E-state index is 3.07. The molecule has 1 aliphatic carbocycles. The fraction of sp³-hybridized carbons (Fsp3) is 0.500. The zero-order valence-corrected chi connectivity index (χ0v) is 6.09. The Balaban J connectivity index is 2.06. The third-order valence-corrected chi connectivity index (χ3v) is 1.97. The highest BCUT2D eigenvalue weighted by Crippen LogP contribution is 2.21. The maximum Gasteiger partial charge on any atom is 0.105 e. The van der Waals surface area contributed by atoms with Gasteiger partial charge in [0.2, 0.25) is 0 Å². The van der Waals surface area contributed by atoms with Gasteiger partial charge in [-0.2, -0.15) is 0 Å². The van der Waals surface area contributed by atoms with Crippen LogP contribution in [0.2, 0.25) is 0 Å². The van der Waals surface area contributed by atoms with Gasteiger partial charge >= 0.3 is 0 Å². The summed E-state index contributed by atoms with van der Waals surface area (Å²) >= 11 is 0. The highest BCUT2D eigenvalue weighted by atomic mass is 15.6. The number of nitrogens with one attached hydrogen (secondary N) is 2. The van der Waals surface area contributed by atoms with Crippen molar-refractivity contribution in [2.24, 2.45) is 5.92 Å². The quantitative estimate of drug-likeness (QED) is 0.527. The van der Waals surface area contributed by atoms with Crippen molar-refractivity contribution in [3.63, 3.8) is 0 Å². The van der Waals surface area contributed by atoms with Gasteiger partial charge in [-0.05, 0) is 17.9 Å². The molecule has 1 heterocycles. The highest BCUT2D eigenvalue weighted by Gasteiger charge is 2.25. The molecule has 1 saturated heterocycles. The molecule has 10 heavy (non-hydrogen) atoms. The summed E-state index contributed by atoms with van der Waals surface area (Å²) in [5.74, 6) is 0.712. The van der Waals surface area contributed by atoms with Gasteiger partial charge in [-0.1, -0.05) is 25.2 Å². The molecular weight excluding hydrogens is 124 g/mol. The Labute approximate surface area is 61.0 Å². The van der Waals surface area contributed by atoms with Gasteiger partial charge in [-0.25, -0.2) is 10.9 Å². The average molecular weight is 136 g/mol. The number of hydrazine groups is 1. The second-order valence-electron chi connectivity index (χ2n) is 3.03. The fourth-order valence-electron chi connectivity index (χ4n) is 1.32. The molecule has 1 atom stereocenters. The molecule has 0 aromatic heterocycles. The topological polar surface area (TPSA) is 43.9 Å². The highest BCUT2D eigenvalue weighted by molar-refractivity contribution is 5.25. The van der Waals surface area contributed by atoms with Gasteiger partial charge in [0.1, 0.15) is 6.17 Å². The Morgan fingerprint density at radius 1 is 1.50 bits per heavy atom. The standard InChI is InChI=1S/C8H12N2/c1-6-3-2-4-7(5-6)8-9-10-8/h2-4,6,8-10H,5H2,1H3. The normalized spacial score (nSPS) is 32.1. The van der Waals surface area contributed by atoms with Crippen molar-refractivity contribution >= 4 is 0 Å². The lowest BCUT2D eigenvalue weighted by atomic mass is 9.95. The summed E-state index contributed by atoms with van der Waals surface area (Å²) in [6, 6.07) is 0. The minimum Gasteiger partial charge on any atom is -0.234 e. The Kier molecular flexibility index (Phi) is 1.36. The number of hydrogen-bond acceptors (Lipinski definition) is 2. The summed E-state index contributed by atoms with van der Waals surface area (Å²) in [6.07, 6.45) is 8.25. The van der Waals surface area contributed by atoms with Crippen LogP contribution in [0, 0.1) is 5.92 Å². The second-order valence-corrected chi connectivity index (χ2v) is 3.03. The fourth-order valence-corrected chi connectivity index (χ4v) is 1.32. The average Bonchev–Trinajstić information content (AvgIpc) is 2.68. The molecule has 2 N–H and O–H groups in total.